The standard InChI is InChI=1S/C4H5ClN2O4S/c5-12(10,11)2-7-1-3(8)6-4(7)9/h1,8H,2H2,(H,6,9). The van der Waals surface area contributed by atoms with Crippen LogP contribution in [0.3, 0.4) is 0 Å². The van der Waals surface area contributed by atoms with Gasteiger partial charge in [-0.1, -0.05) is 0 Å². The summed E-state index contributed by atoms with van der Waals surface area (Å²) in [5.41, 5.74) is -0.725. The molecule has 12 heavy (non-hydrogen) atoms. The quantitative estimate of drug-likeness (QED) is 0.641. The van der Waals surface area contributed by atoms with Gasteiger partial charge in [-0.3, -0.25) is 9.55 Å². The molecule has 1 heterocycles. The van der Waals surface area contributed by atoms with Crippen molar-refractivity contribution in [3.05, 3.63) is 16.7 Å². The highest BCUT2D eigenvalue weighted by molar-refractivity contribution is 8.12. The maximum absolute atomic E-state index is 10.7. The molecule has 1 rings (SSSR count). The molecular formula is C4H5ClN2O4S. The van der Waals surface area contributed by atoms with Crippen LogP contribution in [0.25, 0.3) is 0 Å². The molecule has 0 atom stereocenters. The Morgan fingerprint density at radius 2 is 2.25 bits per heavy atom. The SMILES string of the molecule is O=c1[nH]c(O)cn1CS(=O)(=O)Cl. The number of hydrogen-bond donors (Lipinski definition) is 2. The molecule has 0 aliphatic rings. The normalized spacial score (nSPS) is 11.8. The minimum atomic E-state index is -3.78. The molecule has 0 aromatic carbocycles. The Labute approximate surface area is 71.8 Å². The van der Waals surface area contributed by atoms with Gasteiger partial charge in [0.1, 0.15) is 5.88 Å². The summed E-state index contributed by atoms with van der Waals surface area (Å²) >= 11 is 0. The zero-order chi connectivity index (χ0) is 9.35. The molecule has 0 spiro atoms. The van der Waals surface area contributed by atoms with E-state index in [0.29, 0.717) is 0 Å². The molecule has 6 nitrogen and oxygen atoms in total. The van der Waals surface area contributed by atoms with E-state index in [9.17, 15) is 13.2 Å². The Bertz CT molecular complexity index is 430. The molecule has 1 aromatic rings. The summed E-state index contributed by atoms with van der Waals surface area (Å²) in [5, 5.41) is 8.72. The van der Waals surface area contributed by atoms with Gasteiger partial charge in [-0.15, -0.1) is 0 Å². The largest absolute Gasteiger partial charge is 0.493 e. The number of nitrogens with one attached hydrogen (secondary N) is 1. The molecule has 0 saturated carbocycles. The average Bonchev–Trinajstić information content (AvgIpc) is 2.06. The second-order valence-corrected chi connectivity index (χ2v) is 4.83. The summed E-state index contributed by atoms with van der Waals surface area (Å²) in [4.78, 5) is 12.7. The number of aromatic hydroxyl groups is 1. The number of rotatable bonds is 2. The summed E-state index contributed by atoms with van der Waals surface area (Å²) in [6.07, 6.45) is 0.947. The highest BCUT2D eigenvalue weighted by Gasteiger charge is 2.09. The third-order valence-electron chi connectivity index (χ3n) is 1.07. The van der Waals surface area contributed by atoms with Crippen LogP contribution >= 0.6 is 10.7 Å². The molecule has 0 bridgehead atoms. The number of H-pyrrole nitrogens is 1. The van der Waals surface area contributed by atoms with Crippen molar-refractivity contribution in [2.75, 3.05) is 0 Å². The van der Waals surface area contributed by atoms with E-state index in [1.54, 1.807) is 0 Å². The summed E-state index contributed by atoms with van der Waals surface area (Å²) in [6, 6.07) is 0. The van der Waals surface area contributed by atoms with E-state index >= 15 is 0 Å². The molecule has 0 saturated heterocycles. The Hall–Kier alpha value is -0.950. The number of imidazole rings is 1. The first-order chi connectivity index (χ1) is 5.38. The predicted molar refractivity (Wildman–Crippen MR) is 41.5 cm³/mol. The van der Waals surface area contributed by atoms with Gasteiger partial charge in [-0.05, 0) is 0 Å². The van der Waals surface area contributed by atoms with Crippen LogP contribution in [-0.2, 0) is 14.9 Å². The fourth-order valence-corrected chi connectivity index (χ4v) is 1.52. The van der Waals surface area contributed by atoms with Gasteiger partial charge in [0.15, 0.2) is 0 Å². The van der Waals surface area contributed by atoms with Gasteiger partial charge in [-0.2, -0.15) is 0 Å². The molecule has 8 heteroatoms. The first kappa shape index (κ1) is 9.14. The molecular weight excluding hydrogens is 208 g/mol. The smallest absolute Gasteiger partial charge is 0.329 e. The van der Waals surface area contributed by atoms with E-state index in [4.69, 9.17) is 15.8 Å². The zero-order valence-electron chi connectivity index (χ0n) is 5.69. The molecule has 0 aliphatic carbocycles. The van der Waals surface area contributed by atoms with Crippen LogP contribution in [0.4, 0.5) is 0 Å². The molecule has 1 aromatic heterocycles. The summed E-state index contributed by atoms with van der Waals surface area (Å²) in [7, 11) is 1.08. The Kier molecular flexibility index (Phi) is 2.16. The molecule has 0 radical (unpaired) electrons. The summed E-state index contributed by atoms with van der Waals surface area (Å²) < 4.78 is 21.7. The minimum absolute atomic E-state index is 0.402. The Morgan fingerprint density at radius 3 is 2.58 bits per heavy atom. The first-order valence-electron chi connectivity index (χ1n) is 2.79. The lowest BCUT2D eigenvalue weighted by Gasteiger charge is -1.93. The van der Waals surface area contributed by atoms with Gasteiger partial charge >= 0.3 is 5.69 Å². The topological polar surface area (TPSA) is 92.2 Å². The van der Waals surface area contributed by atoms with Crippen molar-refractivity contribution >= 4 is 19.7 Å². The van der Waals surface area contributed by atoms with Crippen LogP contribution in [-0.4, -0.2) is 23.1 Å². The zero-order valence-corrected chi connectivity index (χ0v) is 7.26. The van der Waals surface area contributed by atoms with Crippen LogP contribution < -0.4 is 5.69 Å². The van der Waals surface area contributed by atoms with E-state index in [-0.39, 0.29) is 0 Å². The lowest BCUT2D eigenvalue weighted by molar-refractivity contribution is 0.455. The second-order valence-electron chi connectivity index (χ2n) is 2.08. The monoisotopic (exact) mass is 212 g/mol. The van der Waals surface area contributed by atoms with Crippen LogP contribution in [0.5, 0.6) is 5.88 Å². The van der Waals surface area contributed by atoms with Gasteiger partial charge < -0.3 is 5.11 Å². The number of halogens is 1. The molecule has 0 amide bonds. The highest BCUT2D eigenvalue weighted by Crippen LogP contribution is 2.03. The van der Waals surface area contributed by atoms with Crippen molar-refractivity contribution in [3.8, 4) is 5.88 Å². The average molecular weight is 213 g/mol. The van der Waals surface area contributed by atoms with Gasteiger partial charge in [0.2, 0.25) is 5.88 Å². The summed E-state index contributed by atoms with van der Waals surface area (Å²) in [5.74, 6) is -1.06. The number of aromatic nitrogens is 2. The fraction of sp³-hybridized carbons (Fsp3) is 0.250. The van der Waals surface area contributed by atoms with Crippen molar-refractivity contribution in [1.82, 2.24) is 9.55 Å². The van der Waals surface area contributed by atoms with Gasteiger partial charge in [0, 0.05) is 10.7 Å². The van der Waals surface area contributed by atoms with Gasteiger partial charge in [-0.25, -0.2) is 13.2 Å². The Balaban J connectivity index is 3.06. The molecule has 2 N–H and O–H groups in total. The van der Waals surface area contributed by atoms with Gasteiger partial charge in [0.05, 0.1) is 6.20 Å². The highest BCUT2D eigenvalue weighted by atomic mass is 35.7. The van der Waals surface area contributed by atoms with E-state index in [1.165, 1.54) is 0 Å². The van der Waals surface area contributed by atoms with E-state index in [0.717, 1.165) is 10.8 Å². The van der Waals surface area contributed by atoms with Crippen LogP contribution in [0.15, 0.2) is 11.0 Å². The minimum Gasteiger partial charge on any atom is -0.493 e. The second kappa shape index (κ2) is 2.83. The molecule has 0 fully saturated rings. The maximum Gasteiger partial charge on any atom is 0.329 e. The van der Waals surface area contributed by atoms with E-state index in [1.807, 2.05) is 4.98 Å². The van der Waals surface area contributed by atoms with Crippen molar-refractivity contribution in [2.24, 2.45) is 0 Å². The lowest BCUT2D eigenvalue weighted by atomic mass is 10.8. The molecule has 68 valence electrons. The number of aromatic amines is 1. The van der Waals surface area contributed by atoms with Crippen LogP contribution in [0, 0.1) is 0 Å². The third-order valence-corrected chi connectivity index (χ3v) is 1.95. The number of hydrogen-bond acceptors (Lipinski definition) is 4. The van der Waals surface area contributed by atoms with Crippen molar-refractivity contribution in [3.63, 3.8) is 0 Å². The Morgan fingerprint density at radius 1 is 1.67 bits per heavy atom. The van der Waals surface area contributed by atoms with Gasteiger partial charge in [0.25, 0.3) is 9.05 Å². The van der Waals surface area contributed by atoms with E-state index in [2.05, 4.69) is 0 Å². The van der Waals surface area contributed by atoms with Crippen LogP contribution in [0.1, 0.15) is 0 Å². The summed E-state index contributed by atoms with van der Waals surface area (Å²) in [6.45, 7) is 0. The molecule has 0 aliphatic heterocycles. The molecule has 0 unspecified atom stereocenters. The number of nitrogens with zero attached hydrogens (tertiary/aromatic N) is 1. The first-order valence-corrected chi connectivity index (χ1v) is 5.27. The van der Waals surface area contributed by atoms with Crippen molar-refractivity contribution < 1.29 is 13.5 Å². The maximum atomic E-state index is 10.7. The lowest BCUT2D eigenvalue weighted by Crippen LogP contribution is -2.18. The van der Waals surface area contributed by atoms with Crippen molar-refractivity contribution in [2.45, 2.75) is 5.88 Å². The van der Waals surface area contributed by atoms with Crippen LogP contribution in [0.2, 0.25) is 0 Å². The van der Waals surface area contributed by atoms with Crippen molar-refractivity contribution in [1.29, 1.82) is 0 Å². The predicted octanol–water partition coefficient (Wildman–Crippen LogP) is -0.592. The van der Waals surface area contributed by atoms with E-state index < -0.39 is 26.5 Å². The fourth-order valence-electron chi connectivity index (χ4n) is 0.682. The third kappa shape index (κ3) is 2.28.